The van der Waals surface area contributed by atoms with Crippen LogP contribution in [-0.4, -0.2) is 10.5 Å². The summed E-state index contributed by atoms with van der Waals surface area (Å²) in [6.45, 7) is 4.13. The summed E-state index contributed by atoms with van der Waals surface area (Å²) >= 11 is 6.04. The van der Waals surface area contributed by atoms with Gasteiger partial charge in [-0.2, -0.15) is 0 Å². The second-order valence-electron chi connectivity index (χ2n) is 6.81. The lowest BCUT2D eigenvalue weighted by Gasteiger charge is -2.11. The van der Waals surface area contributed by atoms with Crippen LogP contribution in [-0.2, 0) is 6.54 Å². The number of carbonyl (C=O) groups excluding carboxylic acids is 1. The number of halogens is 2. The van der Waals surface area contributed by atoms with Gasteiger partial charge in [0.1, 0.15) is 5.82 Å². The molecule has 2 aromatic carbocycles. The van der Waals surface area contributed by atoms with E-state index in [0.717, 1.165) is 0 Å². The van der Waals surface area contributed by atoms with E-state index in [0.29, 0.717) is 17.2 Å². The molecule has 144 valence electrons. The van der Waals surface area contributed by atoms with Crippen LogP contribution in [0, 0.1) is 5.82 Å². The summed E-state index contributed by atoms with van der Waals surface area (Å²) in [5.74, 6) is -0.455. The molecule has 28 heavy (non-hydrogen) atoms. The highest BCUT2D eigenvalue weighted by Crippen LogP contribution is 2.20. The molecule has 0 aliphatic heterocycles. The molecule has 0 aliphatic rings. The fourth-order valence-corrected chi connectivity index (χ4v) is 3.02. The topological polar surface area (TPSA) is 51.1 Å². The summed E-state index contributed by atoms with van der Waals surface area (Å²) in [6, 6.07) is 14.7. The van der Waals surface area contributed by atoms with Crippen LogP contribution in [0.3, 0.4) is 0 Å². The largest absolute Gasteiger partial charge is 0.322 e. The van der Waals surface area contributed by atoms with Crippen LogP contribution in [0.2, 0.25) is 5.02 Å². The highest BCUT2D eigenvalue weighted by molar-refractivity contribution is 6.31. The van der Waals surface area contributed by atoms with Crippen molar-refractivity contribution >= 4 is 23.2 Å². The molecule has 0 saturated heterocycles. The van der Waals surface area contributed by atoms with Gasteiger partial charge in [-0.3, -0.25) is 9.59 Å². The van der Waals surface area contributed by atoms with Gasteiger partial charge in [-0.1, -0.05) is 43.6 Å². The molecule has 6 heteroatoms. The second-order valence-corrected chi connectivity index (χ2v) is 7.22. The van der Waals surface area contributed by atoms with Crippen molar-refractivity contribution in [3.63, 3.8) is 0 Å². The molecule has 0 bridgehead atoms. The summed E-state index contributed by atoms with van der Waals surface area (Å²) in [4.78, 5) is 24.7. The molecule has 1 amide bonds. The Morgan fingerprint density at radius 1 is 1.11 bits per heavy atom. The van der Waals surface area contributed by atoms with Crippen molar-refractivity contribution in [2.45, 2.75) is 26.3 Å². The number of aromatic nitrogens is 1. The van der Waals surface area contributed by atoms with E-state index >= 15 is 0 Å². The van der Waals surface area contributed by atoms with Crippen LogP contribution in [0.4, 0.5) is 10.1 Å². The van der Waals surface area contributed by atoms with E-state index < -0.39 is 5.82 Å². The molecule has 3 rings (SSSR count). The van der Waals surface area contributed by atoms with Crippen LogP contribution in [0.5, 0.6) is 0 Å². The first-order chi connectivity index (χ1) is 13.3. The second kappa shape index (κ2) is 8.40. The molecule has 0 saturated carbocycles. The van der Waals surface area contributed by atoms with E-state index in [2.05, 4.69) is 19.2 Å². The van der Waals surface area contributed by atoms with Crippen molar-refractivity contribution in [1.82, 2.24) is 4.57 Å². The van der Waals surface area contributed by atoms with Crippen LogP contribution in [0.1, 0.15) is 41.3 Å². The van der Waals surface area contributed by atoms with Gasteiger partial charge >= 0.3 is 0 Å². The minimum atomic E-state index is -0.500. The van der Waals surface area contributed by atoms with Gasteiger partial charge in [-0.25, -0.2) is 4.39 Å². The lowest BCUT2D eigenvalue weighted by molar-refractivity contribution is 0.102. The zero-order valence-corrected chi connectivity index (χ0v) is 16.3. The average molecular weight is 399 g/mol. The maximum atomic E-state index is 14.0. The van der Waals surface area contributed by atoms with Crippen LogP contribution < -0.4 is 10.9 Å². The van der Waals surface area contributed by atoms with Gasteiger partial charge < -0.3 is 9.88 Å². The van der Waals surface area contributed by atoms with Crippen LogP contribution >= 0.6 is 11.6 Å². The quantitative estimate of drug-likeness (QED) is 0.652. The van der Waals surface area contributed by atoms with E-state index in [-0.39, 0.29) is 28.6 Å². The Hall–Kier alpha value is -2.92. The average Bonchev–Trinajstić information content (AvgIpc) is 2.66. The zero-order valence-electron chi connectivity index (χ0n) is 15.6. The Morgan fingerprint density at radius 3 is 2.46 bits per heavy atom. The molecule has 1 heterocycles. The number of nitrogens with zero attached hydrogens (tertiary/aromatic N) is 1. The molecule has 1 aromatic heterocycles. The highest BCUT2D eigenvalue weighted by atomic mass is 35.5. The third-order valence-electron chi connectivity index (χ3n) is 4.47. The zero-order chi connectivity index (χ0) is 20.3. The van der Waals surface area contributed by atoms with E-state index in [4.69, 9.17) is 11.6 Å². The Balaban J connectivity index is 1.82. The third kappa shape index (κ3) is 4.49. The molecule has 0 atom stereocenters. The van der Waals surface area contributed by atoms with Gasteiger partial charge in [0.25, 0.3) is 11.5 Å². The van der Waals surface area contributed by atoms with E-state index in [1.807, 2.05) is 24.3 Å². The Morgan fingerprint density at radius 2 is 1.82 bits per heavy atom. The molecule has 0 radical (unpaired) electrons. The van der Waals surface area contributed by atoms with E-state index in [1.54, 1.807) is 6.07 Å². The number of amides is 1. The fraction of sp³-hybridized carbons (Fsp3) is 0.182. The van der Waals surface area contributed by atoms with Gasteiger partial charge in [-0.05, 0) is 41.8 Å². The molecular weight excluding hydrogens is 379 g/mol. The summed E-state index contributed by atoms with van der Waals surface area (Å²) < 4.78 is 15.3. The van der Waals surface area contributed by atoms with Gasteiger partial charge in [0.15, 0.2) is 0 Å². The third-order valence-corrected chi connectivity index (χ3v) is 4.83. The molecule has 4 nitrogen and oxygen atoms in total. The normalized spacial score (nSPS) is 10.9. The minimum Gasteiger partial charge on any atom is -0.322 e. The standard InChI is InChI=1S/C22H20ClFN2O2/c1-14(2)15-6-9-17(10-7-15)25-22(28)16-8-11-21(27)26(12-16)13-18-19(23)4-3-5-20(18)24/h3-12,14H,13H2,1-2H3,(H,25,28). The summed E-state index contributed by atoms with van der Waals surface area (Å²) in [7, 11) is 0. The van der Waals surface area contributed by atoms with Crippen LogP contribution in [0.25, 0.3) is 0 Å². The Kier molecular flexibility index (Phi) is 5.95. The van der Waals surface area contributed by atoms with Crippen molar-refractivity contribution in [2.75, 3.05) is 5.32 Å². The number of pyridine rings is 1. The number of anilines is 1. The first kappa shape index (κ1) is 19.8. The number of carbonyl (C=O) groups is 1. The van der Waals surface area contributed by atoms with Gasteiger partial charge in [0, 0.05) is 28.5 Å². The van der Waals surface area contributed by atoms with Crippen molar-refractivity contribution in [2.24, 2.45) is 0 Å². The summed E-state index contributed by atoms with van der Waals surface area (Å²) in [5.41, 5.74) is 1.97. The van der Waals surface area contributed by atoms with Gasteiger partial charge in [-0.15, -0.1) is 0 Å². The van der Waals surface area contributed by atoms with E-state index in [1.165, 1.54) is 40.6 Å². The smallest absolute Gasteiger partial charge is 0.257 e. The first-order valence-electron chi connectivity index (χ1n) is 8.90. The first-order valence-corrected chi connectivity index (χ1v) is 9.27. The lowest BCUT2D eigenvalue weighted by atomic mass is 10.0. The predicted molar refractivity (Wildman–Crippen MR) is 110 cm³/mol. The maximum Gasteiger partial charge on any atom is 0.257 e. The molecule has 3 aromatic rings. The number of hydrogen-bond donors (Lipinski definition) is 1. The summed E-state index contributed by atoms with van der Waals surface area (Å²) in [6.07, 6.45) is 1.41. The van der Waals surface area contributed by atoms with Crippen LogP contribution in [0.15, 0.2) is 65.6 Å². The fourth-order valence-electron chi connectivity index (χ4n) is 2.80. The number of rotatable bonds is 5. The van der Waals surface area contributed by atoms with Crippen molar-refractivity contribution in [3.05, 3.63) is 98.7 Å². The number of hydrogen-bond acceptors (Lipinski definition) is 2. The molecule has 0 fully saturated rings. The van der Waals surface area contributed by atoms with Gasteiger partial charge in [0.2, 0.25) is 0 Å². The molecule has 0 spiro atoms. The molecule has 0 unspecified atom stereocenters. The number of nitrogens with one attached hydrogen (secondary N) is 1. The maximum absolute atomic E-state index is 14.0. The predicted octanol–water partition coefficient (Wildman–Crippen LogP) is 5.06. The number of benzene rings is 2. The molecule has 1 N–H and O–H groups in total. The molecular formula is C22H20ClFN2O2. The lowest BCUT2D eigenvalue weighted by Crippen LogP contribution is -2.23. The van der Waals surface area contributed by atoms with Gasteiger partial charge in [0.05, 0.1) is 12.1 Å². The van der Waals surface area contributed by atoms with Crippen molar-refractivity contribution in [1.29, 1.82) is 0 Å². The highest BCUT2D eigenvalue weighted by Gasteiger charge is 2.12. The monoisotopic (exact) mass is 398 g/mol. The van der Waals surface area contributed by atoms with Crippen molar-refractivity contribution in [3.8, 4) is 0 Å². The Labute approximate surface area is 167 Å². The van der Waals surface area contributed by atoms with E-state index in [9.17, 15) is 14.0 Å². The summed E-state index contributed by atoms with van der Waals surface area (Å²) in [5, 5.41) is 3.03. The SMILES string of the molecule is CC(C)c1ccc(NC(=O)c2ccc(=O)n(Cc3c(F)cccc3Cl)c2)cc1. The molecule has 0 aliphatic carbocycles. The van der Waals surface area contributed by atoms with Crippen molar-refractivity contribution < 1.29 is 9.18 Å². The Bertz CT molecular complexity index is 1040. The minimum absolute atomic E-state index is 0.0610.